The number of benzene rings is 1. The third kappa shape index (κ3) is 4.43. The first-order valence-corrected chi connectivity index (χ1v) is 10.4. The van der Waals surface area contributed by atoms with Crippen LogP contribution >= 0.6 is 24.0 Å². The summed E-state index contributed by atoms with van der Waals surface area (Å²) in [6.07, 6.45) is -2.18. The van der Waals surface area contributed by atoms with Crippen molar-refractivity contribution in [1.82, 2.24) is 9.47 Å². The van der Waals surface area contributed by atoms with Gasteiger partial charge in [-0.3, -0.25) is 4.79 Å². The van der Waals surface area contributed by atoms with Gasteiger partial charge in [0.1, 0.15) is 4.32 Å². The average Bonchev–Trinajstić information content (AvgIpc) is 3.27. The minimum atomic E-state index is -4.41. The monoisotopic (exact) mass is 426 g/mol. The highest BCUT2D eigenvalue weighted by molar-refractivity contribution is 8.23. The van der Waals surface area contributed by atoms with E-state index in [1.54, 1.807) is 30.5 Å². The molecule has 0 aliphatic carbocycles. The molecule has 0 spiro atoms. The molecule has 0 unspecified atom stereocenters. The van der Waals surface area contributed by atoms with Gasteiger partial charge in [-0.2, -0.15) is 13.2 Å². The number of nitrogens with zero attached hydrogens (tertiary/aromatic N) is 2. The number of hydrogen-bond donors (Lipinski definition) is 0. The van der Waals surface area contributed by atoms with Crippen molar-refractivity contribution in [3.05, 3.63) is 52.8 Å². The van der Waals surface area contributed by atoms with E-state index in [-0.39, 0.29) is 11.5 Å². The number of halogens is 3. The van der Waals surface area contributed by atoms with E-state index in [1.807, 2.05) is 0 Å². The highest BCUT2D eigenvalue weighted by Gasteiger charge is 2.31. The minimum absolute atomic E-state index is 0.0714. The molecule has 0 amide bonds. The van der Waals surface area contributed by atoms with Crippen LogP contribution in [-0.4, -0.2) is 38.4 Å². The van der Waals surface area contributed by atoms with Crippen LogP contribution in [0.4, 0.5) is 13.2 Å². The van der Waals surface area contributed by atoms with Crippen LogP contribution in [0.3, 0.4) is 0 Å². The van der Waals surface area contributed by atoms with Gasteiger partial charge in [0, 0.05) is 35.7 Å². The Labute approximate surface area is 171 Å². The molecular formula is C20H21F3N2OS2. The van der Waals surface area contributed by atoms with Crippen LogP contribution in [-0.2, 0) is 6.18 Å². The fourth-order valence-corrected chi connectivity index (χ4v) is 4.59. The fourth-order valence-electron chi connectivity index (χ4n) is 3.46. The van der Waals surface area contributed by atoms with Crippen molar-refractivity contribution < 1.29 is 18.0 Å². The SMILES string of the molecule is Cc1cc(C(=O)CSC(=S)N2CCCC2)c(C)n1-c1cccc(C(F)(F)F)c1. The van der Waals surface area contributed by atoms with E-state index in [0.717, 1.165) is 42.4 Å². The maximum atomic E-state index is 13.0. The molecule has 2 aromatic rings. The van der Waals surface area contributed by atoms with Crippen LogP contribution in [0.1, 0.15) is 40.2 Å². The Morgan fingerprint density at radius 2 is 1.86 bits per heavy atom. The number of likely N-dealkylation sites (tertiary alicyclic amines) is 1. The summed E-state index contributed by atoms with van der Waals surface area (Å²) in [6.45, 7) is 5.41. The highest BCUT2D eigenvalue weighted by atomic mass is 32.2. The molecule has 1 fully saturated rings. The fraction of sp³-hybridized carbons (Fsp3) is 0.400. The summed E-state index contributed by atoms with van der Waals surface area (Å²) in [7, 11) is 0. The lowest BCUT2D eigenvalue weighted by atomic mass is 10.1. The Morgan fingerprint density at radius 1 is 1.18 bits per heavy atom. The molecule has 0 saturated carbocycles. The number of Topliss-reactive ketones (excluding diaryl/α,β-unsaturated/α-hetero) is 1. The van der Waals surface area contributed by atoms with Gasteiger partial charge in [0.2, 0.25) is 0 Å². The zero-order valence-corrected chi connectivity index (χ0v) is 17.3. The van der Waals surface area contributed by atoms with Crippen LogP contribution in [0.25, 0.3) is 5.69 Å². The standard InChI is InChI=1S/C20H21F3N2OS2/c1-13-10-17(18(26)12-28-19(27)24-8-3-4-9-24)14(2)25(13)16-7-5-6-15(11-16)20(21,22)23/h5-7,10-11H,3-4,8-9,12H2,1-2H3. The molecule has 0 atom stereocenters. The number of aromatic nitrogens is 1. The first-order valence-electron chi connectivity index (χ1n) is 9.00. The van der Waals surface area contributed by atoms with E-state index in [9.17, 15) is 18.0 Å². The number of alkyl halides is 3. The van der Waals surface area contributed by atoms with E-state index in [1.165, 1.54) is 17.8 Å². The van der Waals surface area contributed by atoms with Crippen molar-refractivity contribution in [3.8, 4) is 5.69 Å². The van der Waals surface area contributed by atoms with Gasteiger partial charge >= 0.3 is 6.18 Å². The molecule has 8 heteroatoms. The summed E-state index contributed by atoms with van der Waals surface area (Å²) in [5.74, 6) is 0.153. The molecule has 150 valence electrons. The minimum Gasteiger partial charge on any atom is -0.358 e. The van der Waals surface area contributed by atoms with E-state index >= 15 is 0 Å². The molecule has 3 nitrogen and oxygen atoms in total. The smallest absolute Gasteiger partial charge is 0.358 e. The Balaban J connectivity index is 1.80. The highest BCUT2D eigenvalue weighted by Crippen LogP contribution is 2.31. The van der Waals surface area contributed by atoms with Crippen molar-refractivity contribution in [2.24, 2.45) is 0 Å². The Kier molecular flexibility index (Phi) is 6.19. The second kappa shape index (κ2) is 8.29. The maximum absolute atomic E-state index is 13.0. The van der Waals surface area contributed by atoms with Crippen LogP contribution in [0.2, 0.25) is 0 Å². The Morgan fingerprint density at radius 3 is 2.50 bits per heavy atom. The quantitative estimate of drug-likeness (QED) is 0.482. The first kappa shape index (κ1) is 20.9. The van der Waals surface area contributed by atoms with E-state index in [2.05, 4.69) is 4.90 Å². The zero-order valence-electron chi connectivity index (χ0n) is 15.7. The third-order valence-corrected chi connectivity index (χ3v) is 6.38. The largest absolute Gasteiger partial charge is 0.416 e. The predicted molar refractivity (Wildman–Crippen MR) is 110 cm³/mol. The van der Waals surface area contributed by atoms with Gasteiger partial charge in [-0.15, -0.1) is 0 Å². The van der Waals surface area contributed by atoms with E-state index < -0.39 is 11.7 Å². The molecule has 3 rings (SSSR count). The molecule has 0 bridgehead atoms. The average molecular weight is 427 g/mol. The number of carbonyl (C=O) groups excluding carboxylic acids is 1. The van der Waals surface area contributed by atoms with E-state index in [4.69, 9.17) is 12.2 Å². The predicted octanol–water partition coefficient (Wildman–Crippen LogP) is 5.41. The van der Waals surface area contributed by atoms with Gasteiger partial charge in [0.15, 0.2) is 5.78 Å². The molecule has 1 saturated heterocycles. The second-order valence-electron chi connectivity index (χ2n) is 6.84. The lowest BCUT2D eigenvalue weighted by molar-refractivity contribution is -0.137. The lowest BCUT2D eigenvalue weighted by Gasteiger charge is -2.17. The van der Waals surface area contributed by atoms with Crippen LogP contribution in [0.15, 0.2) is 30.3 Å². The summed E-state index contributed by atoms with van der Waals surface area (Å²) in [5, 5.41) is 0. The molecule has 1 aromatic heterocycles. The van der Waals surface area contributed by atoms with Crippen LogP contribution < -0.4 is 0 Å². The lowest BCUT2D eigenvalue weighted by Crippen LogP contribution is -2.24. The molecule has 0 N–H and O–H groups in total. The first-order chi connectivity index (χ1) is 13.2. The van der Waals surface area contributed by atoms with Gasteiger partial charge in [-0.25, -0.2) is 0 Å². The summed E-state index contributed by atoms with van der Waals surface area (Å²) in [5.41, 5.74) is 1.55. The number of aryl methyl sites for hydroxylation is 1. The van der Waals surface area contributed by atoms with Gasteiger partial charge in [0.05, 0.1) is 11.3 Å². The zero-order chi connectivity index (χ0) is 20.5. The van der Waals surface area contributed by atoms with Gasteiger partial charge in [0.25, 0.3) is 0 Å². The van der Waals surface area contributed by atoms with Gasteiger partial charge in [-0.1, -0.05) is 30.0 Å². The molecule has 1 aromatic carbocycles. The number of thioether (sulfide) groups is 1. The van der Waals surface area contributed by atoms with E-state index in [0.29, 0.717) is 22.6 Å². The number of hydrogen-bond acceptors (Lipinski definition) is 3. The molecule has 1 aliphatic rings. The second-order valence-corrected chi connectivity index (χ2v) is 8.45. The van der Waals surface area contributed by atoms with Crippen molar-refractivity contribution in [3.63, 3.8) is 0 Å². The van der Waals surface area contributed by atoms with Crippen molar-refractivity contribution in [1.29, 1.82) is 0 Å². The normalized spacial score (nSPS) is 14.5. The summed E-state index contributed by atoms with van der Waals surface area (Å²) in [4.78, 5) is 14.8. The molecular weight excluding hydrogens is 405 g/mol. The molecule has 1 aliphatic heterocycles. The summed E-state index contributed by atoms with van der Waals surface area (Å²) in [6, 6.07) is 6.87. The molecule has 28 heavy (non-hydrogen) atoms. The molecule has 2 heterocycles. The Hall–Kier alpha value is -1.80. The number of rotatable bonds is 4. The van der Waals surface area contributed by atoms with Crippen LogP contribution in [0, 0.1) is 13.8 Å². The van der Waals surface area contributed by atoms with Crippen molar-refractivity contribution in [2.45, 2.75) is 32.9 Å². The van der Waals surface area contributed by atoms with Crippen molar-refractivity contribution in [2.75, 3.05) is 18.8 Å². The van der Waals surface area contributed by atoms with Crippen LogP contribution in [0.5, 0.6) is 0 Å². The topological polar surface area (TPSA) is 25.2 Å². The number of carbonyl (C=O) groups is 1. The van der Waals surface area contributed by atoms with Gasteiger partial charge in [-0.05, 0) is 51.0 Å². The van der Waals surface area contributed by atoms with Gasteiger partial charge < -0.3 is 9.47 Å². The maximum Gasteiger partial charge on any atom is 0.416 e. The Bertz CT molecular complexity index is 899. The number of ketones is 1. The molecule has 0 radical (unpaired) electrons. The summed E-state index contributed by atoms with van der Waals surface area (Å²) < 4.78 is 41.5. The third-order valence-electron chi connectivity index (χ3n) is 4.85. The summed E-state index contributed by atoms with van der Waals surface area (Å²) >= 11 is 6.75. The number of thiocarbonyl (C=S) groups is 1. The van der Waals surface area contributed by atoms with Crippen molar-refractivity contribution >= 4 is 34.1 Å².